The normalized spacial score (nSPS) is 10.0. The van der Waals surface area contributed by atoms with Crippen LogP contribution in [0.3, 0.4) is 0 Å². The van der Waals surface area contributed by atoms with Crippen molar-refractivity contribution in [3.63, 3.8) is 0 Å². The lowest BCUT2D eigenvalue weighted by Crippen LogP contribution is -2.20. The van der Waals surface area contributed by atoms with Gasteiger partial charge < -0.3 is 20.5 Å². The van der Waals surface area contributed by atoms with Crippen LogP contribution in [0.15, 0.2) is 0 Å². The van der Waals surface area contributed by atoms with Crippen LogP contribution < -0.4 is 10.6 Å². The van der Waals surface area contributed by atoms with Crippen LogP contribution in [0.5, 0.6) is 0 Å². The van der Waals surface area contributed by atoms with Gasteiger partial charge in [0.05, 0.1) is 27.6 Å². The average molecular weight is 672 g/mol. The number of hydrogen-bond acceptors (Lipinski definition) is 5. The molecular formula is C13H11I3N2O6. The molecular weight excluding hydrogens is 661 g/mol. The summed E-state index contributed by atoms with van der Waals surface area (Å²) in [5.41, 5.74) is 0.760. The first kappa shape index (κ1) is 21.3. The zero-order valence-corrected chi connectivity index (χ0v) is 18.8. The van der Waals surface area contributed by atoms with E-state index in [-0.39, 0.29) is 17.4 Å². The van der Waals surface area contributed by atoms with E-state index >= 15 is 0 Å². The molecule has 0 heterocycles. The molecule has 0 atom stereocenters. The molecule has 11 heteroatoms. The van der Waals surface area contributed by atoms with Crippen LogP contribution in [0, 0.1) is 10.7 Å². The summed E-state index contributed by atoms with van der Waals surface area (Å²) < 4.78 is 6.06. The molecule has 3 N–H and O–H groups in total. The number of aliphatic carboxylic acids is 1. The molecule has 8 nitrogen and oxygen atoms in total. The Kier molecular flexibility index (Phi) is 8.10. The maximum absolute atomic E-state index is 12.3. The molecule has 1 aromatic carbocycles. The highest BCUT2D eigenvalue weighted by Crippen LogP contribution is 2.39. The van der Waals surface area contributed by atoms with E-state index in [1.165, 1.54) is 13.8 Å². The molecule has 0 unspecified atom stereocenters. The Balaban J connectivity index is 3.55. The van der Waals surface area contributed by atoms with Crippen molar-refractivity contribution in [3.05, 3.63) is 16.3 Å². The molecule has 0 aliphatic carbocycles. The lowest BCUT2D eigenvalue weighted by molar-refractivity contribution is -0.140. The monoisotopic (exact) mass is 672 g/mol. The van der Waals surface area contributed by atoms with Crippen molar-refractivity contribution in [2.75, 3.05) is 17.2 Å². The zero-order chi connectivity index (χ0) is 18.6. The van der Waals surface area contributed by atoms with E-state index in [4.69, 9.17) is 9.84 Å². The van der Waals surface area contributed by atoms with Crippen LogP contribution in [0.1, 0.15) is 24.2 Å². The number of amides is 2. The van der Waals surface area contributed by atoms with Crippen LogP contribution in [-0.2, 0) is 19.1 Å². The van der Waals surface area contributed by atoms with Crippen LogP contribution in [0.25, 0.3) is 0 Å². The van der Waals surface area contributed by atoms with E-state index in [0.717, 1.165) is 0 Å². The summed E-state index contributed by atoms with van der Waals surface area (Å²) in [6.45, 7) is 1.83. The Morgan fingerprint density at radius 3 is 1.67 bits per heavy atom. The van der Waals surface area contributed by atoms with Gasteiger partial charge in [-0.1, -0.05) is 0 Å². The summed E-state index contributed by atoms with van der Waals surface area (Å²) in [7, 11) is 0. The molecule has 0 spiro atoms. The van der Waals surface area contributed by atoms with E-state index in [1.807, 2.05) is 67.8 Å². The maximum Gasteiger partial charge on any atom is 0.341 e. The van der Waals surface area contributed by atoms with E-state index in [2.05, 4.69) is 10.6 Å². The molecule has 130 valence electrons. The molecule has 1 aromatic rings. The highest BCUT2D eigenvalue weighted by atomic mass is 127. The number of ether oxygens (including phenoxy) is 1. The molecule has 0 fully saturated rings. The number of nitrogens with one attached hydrogen (secondary N) is 2. The third-order valence-corrected chi connectivity index (χ3v) is 5.69. The minimum atomic E-state index is -1.29. The predicted molar refractivity (Wildman–Crippen MR) is 111 cm³/mol. The van der Waals surface area contributed by atoms with Gasteiger partial charge in [-0.3, -0.25) is 9.59 Å². The number of carboxylic acids is 1. The van der Waals surface area contributed by atoms with Gasteiger partial charge in [0.15, 0.2) is 6.61 Å². The van der Waals surface area contributed by atoms with Crippen LogP contribution in [-0.4, -0.2) is 35.5 Å². The highest BCUT2D eigenvalue weighted by molar-refractivity contribution is 14.1. The van der Waals surface area contributed by atoms with Crippen molar-refractivity contribution in [1.29, 1.82) is 0 Å². The number of carbonyl (C=O) groups excluding carboxylic acids is 3. The Bertz CT molecular complexity index is 692. The molecule has 0 aromatic heterocycles. The Labute approximate surface area is 177 Å². The molecule has 2 amide bonds. The average Bonchev–Trinajstić information content (AvgIpc) is 2.45. The lowest BCUT2D eigenvalue weighted by Gasteiger charge is -2.18. The van der Waals surface area contributed by atoms with Crippen LogP contribution in [0.4, 0.5) is 11.4 Å². The molecule has 0 radical (unpaired) electrons. The molecule has 1 rings (SSSR count). The number of hydrogen-bond donors (Lipinski definition) is 3. The number of carbonyl (C=O) groups is 4. The van der Waals surface area contributed by atoms with E-state index in [0.29, 0.717) is 22.1 Å². The van der Waals surface area contributed by atoms with Crippen molar-refractivity contribution in [2.24, 2.45) is 0 Å². The van der Waals surface area contributed by atoms with Gasteiger partial charge in [0.25, 0.3) is 0 Å². The fourth-order valence-corrected chi connectivity index (χ4v) is 5.76. The Hall–Kier alpha value is -0.710. The van der Waals surface area contributed by atoms with Crippen molar-refractivity contribution in [3.8, 4) is 0 Å². The van der Waals surface area contributed by atoms with Crippen molar-refractivity contribution in [1.82, 2.24) is 0 Å². The van der Waals surface area contributed by atoms with E-state index in [9.17, 15) is 19.2 Å². The fraction of sp³-hybridized carbons (Fsp3) is 0.231. The third kappa shape index (κ3) is 5.40. The first-order valence-corrected chi connectivity index (χ1v) is 9.44. The quantitative estimate of drug-likeness (QED) is 0.327. The Morgan fingerprint density at radius 1 is 0.917 bits per heavy atom. The van der Waals surface area contributed by atoms with Gasteiger partial charge >= 0.3 is 11.9 Å². The molecule has 0 saturated carbocycles. The molecule has 0 saturated heterocycles. The summed E-state index contributed by atoms with van der Waals surface area (Å²) in [4.78, 5) is 45.7. The Morgan fingerprint density at radius 2 is 1.33 bits per heavy atom. The standard InChI is InChI=1S/C13H11I3N2O6/c1-4(19)17-11-8(14)7(13(23)24-3-6(21)22)9(15)12(10(11)16)18-5(2)20/h3H2,1-2H3,(H,17,19)(H,18,20)(H,21,22). The van der Waals surface area contributed by atoms with Crippen LogP contribution >= 0.6 is 67.8 Å². The van der Waals surface area contributed by atoms with Gasteiger partial charge in [0, 0.05) is 13.8 Å². The molecule has 0 aliphatic heterocycles. The second-order valence-electron chi connectivity index (χ2n) is 4.40. The second-order valence-corrected chi connectivity index (χ2v) is 7.64. The lowest BCUT2D eigenvalue weighted by atomic mass is 10.1. The number of rotatable bonds is 5. The number of benzene rings is 1. The van der Waals surface area contributed by atoms with Gasteiger partial charge in [-0.25, -0.2) is 9.59 Å². The smallest absolute Gasteiger partial charge is 0.341 e. The van der Waals surface area contributed by atoms with Gasteiger partial charge in [0.1, 0.15) is 0 Å². The number of halogens is 3. The van der Waals surface area contributed by atoms with Gasteiger partial charge in [-0.2, -0.15) is 0 Å². The number of esters is 1. The summed E-state index contributed by atoms with van der Waals surface area (Å²) in [5, 5.41) is 13.9. The molecule has 0 bridgehead atoms. The van der Waals surface area contributed by atoms with Crippen molar-refractivity contribution >= 4 is 103 Å². The fourth-order valence-electron chi connectivity index (χ4n) is 1.61. The summed E-state index contributed by atoms with van der Waals surface area (Å²) in [5.74, 6) is -2.86. The molecule has 0 aliphatic rings. The van der Waals surface area contributed by atoms with Crippen molar-refractivity contribution in [2.45, 2.75) is 13.8 Å². The van der Waals surface area contributed by atoms with Gasteiger partial charge in [-0.05, 0) is 67.8 Å². The molecule has 24 heavy (non-hydrogen) atoms. The predicted octanol–water partition coefficient (Wildman–Crippen LogP) is 2.66. The number of carboxylic acid groups (broad SMARTS) is 1. The summed E-state index contributed by atoms with van der Waals surface area (Å²) in [6, 6.07) is 0. The highest BCUT2D eigenvalue weighted by Gasteiger charge is 2.26. The largest absolute Gasteiger partial charge is 0.479 e. The first-order valence-electron chi connectivity index (χ1n) is 6.20. The number of anilines is 2. The summed E-state index contributed by atoms with van der Waals surface area (Å²) in [6.07, 6.45) is 0. The summed E-state index contributed by atoms with van der Waals surface area (Å²) >= 11 is 5.67. The topological polar surface area (TPSA) is 122 Å². The first-order chi connectivity index (χ1) is 11.1. The SMILES string of the molecule is CC(=O)Nc1c(I)c(NC(C)=O)c(I)c(C(=O)OCC(=O)O)c1I. The van der Waals surface area contributed by atoms with E-state index < -0.39 is 18.5 Å². The maximum atomic E-state index is 12.3. The zero-order valence-electron chi connectivity index (χ0n) is 12.3. The minimum absolute atomic E-state index is 0.0744. The second kappa shape index (κ2) is 9.12. The van der Waals surface area contributed by atoms with Gasteiger partial charge in [0.2, 0.25) is 11.8 Å². The third-order valence-electron chi connectivity index (χ3n) is 2.45. The van der Waals surface area contributed by atoms with Gasteiger partial charge in [-0.15, -0.1) is 0 Å². The van der Waals surface area contributed by atoms with Crippen molar-refractivity contribution < 1.29 is 29.0 Å². The van der Waals surface area contributed by atoms with E-state index in [1.54, 1.807) is 0 Å². The minimum Gasteiger partial charge on any atom is -0.479 e. The van der Waals surface area contributed by atoms with Crippen LogP contribution in [0.2, 0.25) is 0 Å².